The molecule has 0 aromatic carbocycles. The van der Waals surface area contributed by atoms with Gasteiger partial charge in [-0.1, -0.05) is 26.2 Å². The maximum atomic E-state index is 4.29. The number of hydrogen-bond donors (Lipinski definition) is 1. The average Bonchev–Trinajstić information content (AvgIpc) is 2.45. The van der Waals surface area contributed by atoms with Crippen LogP contribution in [0, 0.1) is 0 Å². The average molecular weight is 200 g/mol. The minimum atomic E-state index is 1.14. The third kappa shape index (κ3) is 3.63. The zero-order chi connectivity index (χ0) is 8.81. The topological polar surface area (TPSA) is 0 Å². The number of unbranched alkanes of at least 4 members (excludes halogenated alkanes) is 3. The van der Waals surface area contributed by atoms with Crippen molar-refractivity contribution in [3.8, 4) is 0 Å². The Morgan fingerprint density at radius 3 is 2.75 bits per heavy atom. The summed E-state index contributed by atoms with van der Waals surface area (Å²) in [4.78, 5) is 0. The van der Waals surface area contributed by atoms with Crippen molar-refractivity contribution in [1.82, 2.24) is 0 Å². The summed E-state index contributed by atoms with van der Waals surface area (Å²) in [6.07, 6.45) is 6.63. The number of hydrogen-bond acceptors (Lipinski definition) is 2. The monoisotopic (exact) mass is 200 g/mol. The molecule has 0 unspecified atom stereocenters. The van der Waals surface area contributed by atoms with E-state index in [4.69, 9.17) is 0 Å². The molecule has 0 saturated carbocycles. The van der Waals surface area contributed by atoms with Crippen LogP contribution in [0.15, 0.2) is 15.7 Å². The Labute approximate surface area is 84.4 Å². The Morgan fingerprint density at radius 1 is 1.33 bits per heavy atom. The third-order valence-corrected chi connectivity index (χ3v) is 3.18. The van der Waals surface area contributed by atoms with Gasteiger partial charge in [0.05, 0.1) is 4.21 Å². The maximum absolute atomic E-state index is 4.29. The number of rotatable bonds is 5. The standard InChI is InChI=1S/C10H16S2/c1-2-3-4-5-6-9-7-10(11)12-8-9/h7-8,11H,2-6H2,1H3. The Kier molecular flexibility index (Phi) is 4.77. The molecule has 0 aliphatic carbocycles. The normalized spacial score (nSPS) is 10.5. The van der Waals surface area contributed by atoms with Crippen molar-refractivity contribution in [2.45, 2.75) is 43.2 Å². The van der Waals surface area contributed by atoms with Gasteiger partial charge in [0.1, 0.15) is 0 Å². The summed E-state index contributed by atoms with van der Waals surface area (Å²) in [7, 11) is 0. The predicted molar refractivity (Wildman–Crippen MR) is 59.4 cm³/mol. The molecule has 0 bridgehead atoms. The number of thiophene rings is 1. The highest BCUT2D eigenvalue weighted by molar-refractivity contribution is 7.82. The fourth-order valence-electron chi connectivity index (χ4n) is 1.25. The molecular formula is C10H16S2. The van der Waals surface area contributed by atoms with E-state index in [2.05, 4.69) is 31.0 Å². The molecule has 2 heteroatoms. The summed E-state index contributed by atoms with van der Waals surface area (Å²) in [5.74, 6) is 0. The zero-order valence-corrected chi connectivity index (χ0v) is 9.26. The molecule has 0 saturated heterocycles. The van der Waals surface area contributed by atoms with E-state index in [0.717, 1.165) is 4.21 Å². The highest BCUT2D eigenvalue weighted by atomic mass is 32.2. The van der Waals surface area contributed by atoms with Gasteiger partial charge < -0.3 is 0 Å². The first kappa shape index (κ1) is 10.1. The summed E-state index contributed by atoms with van der Waals surface area (Å²) in [6, 6.07) is 2.18. The molecular weight excluding hydrogens is 184 g/mol. The molecule has 1 aromatic rings. The summed E-state index contributed by atoms with van der Waals surface area (Å²) < 4.78 is 1.14. The van der Waals surface area contributed by atoms with E-state index in [1.807, 2.05) is 0 Å². The van der Waals surface area contributed by atoms with E-state index in [9.17, 15) is 0 Å². The Morgan fingerprint density at radius 2 is 2.17 bits per heavy atom. The van der Waals surface area contributed by atoms with Gasteiger partial charge in [-0.25, -0.2) is 0 Å². The van der Waals surface area contributed by atoms with Gasteiger partial charge in [-0.3, -0.25) is 0 Å². The second-order valence-electron chi connectivity index (χ2n) is 3.10. The maximum Gasteiger partial charge on any atom is 0.0570 e. The van der Waals surface area contributed by atoms with Crippen LogP contribution in [0.4, 0.5) is 0 Å². The fourth-order valence-corrected chi connectivity index (χ4v) is 2.25. The van der Waals surface area contributed by atoms with E-state index < -0.39 is 0 Å². The van der Waals surface area contributed by atoms with Crippen LogP contribution < -0.4 is 0 Å². The number of thiol groups is 1. The molecule has 0 fully saturated rings. The van der Waals surface area contributed by atoms with Crippen LogP contribution >= 0.6 is 24.0 Å². The van der Waals surface area contributed by atoms with Crippen molar-refractivity contribution >= 4 is 24.0 Å². The fraction of sp³-hybridized carbons (Fsp3) is 0.600. The Hall–Kier alpha value is 0.0500. The largest absolute Gasteiger partial charge is 0.137 e. The second kappa shape index (κ2) is 5.65. The van der Waals surface area contributed by atoms with Gasteiger partial charge in [-0.05, 0) is 29.9 Å². The van der Waals surface area contributed by atoms with E-state index in [-0.39, 0.29) is 0 Å². The first-order valence-electron chi connectivity index (χ1n) is 4.59. The minimum Gasteiger partial charge on any atom is -0.137 e. The van der Waals surface area contributed by atoms with Crippen molar-refractivity contribution in [1.29, 1.82) is 0 Å². The van der Waals surface area contributed by atoms with Crippen molar-refractivity contribution < 1.29 is 0 Å². The molecule has 0 N–H and O–H groups in total. The Bertz CT molecular complexity index is 215. The zero-order valence-electron chi connectivity index (χ0n) is 7.55. The van der Waals surface area contributed by atoms with Gasteiger partial charge in [0.2, 0.25) is 0 Å². The molecule has 0 spiro atoms. The SMILES string of the molecule is CCCCCCc1csc(S)c1. The molecule has 1 aromatic heterocycles. The highest BCUT2D eigenvalue weighted by Crippen LogP contribution is 2.19. The van der Waals surface area contributed by atoms with Crippen LogP contribution in [0.1, 0.15) is 38.2 Å². The van der Waals surface area contributed by atoms with E-state index in [0.29, 0.717) is 0 Å². The Balaban J connectivity index is 2.15. The van der Waals surface area contributed by atoms with E-state index in [1.54, 1.807) is 11.3 Å². The van der Waals surface area contributed by atoms with Gasteiger partial charge in [0.15, 0.2) is 0 Å². The molecule has 12 heavy (non-hydrogen) atoms. The van der Waals surface area contributed by atoms with Crippen LogP contribution in [0.5, 0.6) is 0 Å². The van der Waals surface area contributed by atoms with Crippen LogP contribution in [-0.2, 0) is 6.42 Å². The minimum absolute atomic E-state index is 1.14. The van der Waals surface area contributed by atoms with Gasteiger partial charge >= 0.3 is 0 Å². The molecule has 0 radical (unpaired) electrons. The molecule has 0 atom stereocenters. The molecule has 68 valence electrons. The molecule has 0 amide bonds. The second-order valence-corrected chi connectivity index (χ2v) is 4.80. The van der Waals surface area contributed by atoms with Crippen LogP contribution in [0.3, 0.4) is 0 Å². The lowest BCUT2D eigenvalue weighted by Gasteiger charge is -1.96. The molecule has 0 aliphatic heterocycles. The lowest BCUT2D eigenvalue weighted by Crippen LogP contribution is -1.81. The van der Waals surface area contributed by atoms with E-state index in [1.165, 1.54) is 37.7 Å². The van der Waals surface area contributed by atoms with Crippen molar-refractivity contribution in [2.75, 3.05) is 0 Å². The highest BCUT2D eigenvalue weighted by Gasteiger charge is 1.95. The van der Waals surface area contributed by atoms with Crippen molar-refractivity contribution in [3.63, 3.8) is 0 Å². The lowest BCUT2D eigenvalue weighted by atomic mass is 10.1. The van der Waals surface area contributed by atoms with Gasteiger partial charge in [0, 0.05) is 0 Å². The van der Waals surface area contributed by atoms with E-state index >= 15 is 0 Å². The van der Waals surface area contributed by atoms with Gasteiger partial charge in [-0.2, -0.15) is 0 Å². The third-order valence-electron chi connectivity index (χ3n) is 1.96. The summed E-state index contributed by atoms with van der Waals surface area (Å²) >= 11 is 6.02. The first-order chi connectivity index (χ1) is 5.83. The van der Waals surface area contributed by atoms with Crippen molar-refractivity contribution in [3.05, 3.63) is 17.0 Å². The number of aryl methyl sites for hydroxylation is 1. The molecule has 0 aliphatic rings. The summed E-state index contributed by atoms with van der Waals surface area (Å²) in [5.41, 5.74) is 1.46. The summed E-state index contributed by atoms with van der Waals surface area (Å²) in [5, 5.41) is 2.22. The van der Waals surface area contributed by atoms with Crippen molar-refractivity contribution in [2.24, 2.45) is 0 Å². The summed E-state index contributed by atoms with van der Waals surface area (Å²) in [6.45, 7) is 2.25. The van der Waals surface area contributed by atoms with Crippen LogP contribution in [-0.4, -0.2) is 0 Å². The molecule has 1 heterocycles. The quantitative estimate of drug-likeness (QED) is 0.535. The van der Waals surface area contributed by atoms with Crippen LogP contribution in [0.2, 0.25) is 0 Å². The van der Waals surface area contributed by atoms with Gasteiger partial charge in [-0.15, -0.1) is 24.0 Å². The smallest absolute Gasteiger partial charge is 0.0570 e. The first-order valence-corrected chi connectivity index (χ1v) is 5.92. The molecule has 1 rings (SSSR count). The van der Waals surface area contributed by atoms with Crippen LogP contribution in [0.25, 0.3) is 0 Å². The molecule has 0 nitrogen and oxygen atoms in total. The lowest BCUT2D eigenvalue weighted by molar-refractivity contribution is 0.667. The van der Waals surface area contributed by atoms with Gasteiger partial charge in [0.25, 0.3) is 0 Å². The predicted octanol–water partition coefficient (Wildman–Crippen LogP) is 4.16.